The number of halogens is 1. The molecule has 1 amide bonds. The van der Waals surface area contributed by atoms with E-state index in [1.807, 2.05) is 31.0 Å². The van der Waals surface area contributed by atoms with Crippen molar-refractivity contribution >= 4 is 18.3 Å². The fourth-order valence-corrected chi connectivity index (χ4v) is 2.77. The number of hydrogen-bond donors (Lipinski definition) is 2. The number of aryl methyl sites for hydroxylation is 1. The zero-order chi connectivity index (χ0) is 14.8. The number of carbonyl (C=O) groups is 1. The molecule has 120 valence electrons. The molecule has 1 aliphatic rings. The number of H-pyrrole nitrogens is 1. The molecule has 0 spiro atoms. The van der Waals surface area contributed by atoms with E-state index in [0.717, 1.165) is 37.5 Å². The Bertz CT molecular complexity index is 637. The molecule has 0 saturated carbocycles. The van der Waals surface area contributed by atoms with Crippen LogP contribution in [0.15, 0.2) is 22.6 Å². The maximum Gasteiger partial charge on any atom is 0.274 e. The predicted molar refractivity (Wildman–Crippen MR) is 86.2 cm³/mol. The van der Waals surface area contributed by atoms with E-state index in [0.29, 0.717) is 17.4 Å². The minimum absolute atomic E-state index is 0. The third kappa shape index (κ3) is 3.34. The lowest BCUT2D eigenvalue weighted by Crippen LogP contribution is -2.30. The van der Waals surface area contributed by atoms with E-state index in [2.05, 4.69) is 15.5 Å². The lowest BCUT2D eigenvalue weighted by molar-refractivity contribution is 0.0781. The van der Waals surface area contributed by atoms with Crippen molar-refractivity contribution in [2.24, 2.45) is 5.92 Å². The summed E-state index contributed by atoms with van der Waals surface area (Å²) < 4.78 is 5.53. The SMILES string of the molecule is CNCC1CCN(C(=O)c2cc(-c3ccc(C)o3)[nH]n2)C1.Cl. The molecule has 3 rings (SSSR count). The van der Waals surface area contributed by atoms with Gasteiger partial charge in [-0.25, -0.2) is 0 Å². The molecule has 0 aromatic carbocycles. The quantitative estimate of drug-likeness (QED) is 0.903. The van der Waals surface area contributed by atoms with Gasteiger partial charge in [0, 0.05) is 19.2 Å². The third-order valence-corrected chi connectivity index (χ3v) is 3.87. The number of furan rings is 1. The number of aromatic nitrogens is 2. The Morgan fingerprint density at radius 3 is 3.05 bits per heavy atom. The molecule has 1 unspecified atom stereocenters. The lowest BCUT2D eigenvalue weighted by atomic mass is 10.1. The van der Waals surface area contributed by atoms with Gasteiger partial charge in [-0.05, 0) is 45.0 Å². The summed E-state index contributed by atoms with van der Waals surface area (Å²) in [5, 5.41) is 10.2. The van der Waals surface area contributed by atoms with Crippen molar-refractivity contribution in [1.29, 1.82) is 0 Å². The number of nitrogens with zero attached hydrogens (tertiary/aromatic N) is 2. The summed E-state index contributed by atoms with van der Waals surface area (Å²) in [6.07, 6.45) is 1.04. The van der Waals surface area contributed by atoms with Gasteiger partial charge in [-0.2, -0.15) is 5.10 Å². The summed E-state index contributed by atoms with van der Waals surface area (Å²) in [6, 6.07) is 5.52. The van der Waals surface area contributed by atoms with E-state index >= 15 is 0 Å². The summed E-state index contributed by atoms with van der Waals surface area (Å²) in [7, 11) is 1.94. The summed E-state index contributed by atoms with van der Waals surface area (Å²) in [5.41, 5.74) is 1.18. The largest absolute Gasteiger partial charge is 0.460 e. The van der Waals surface area contributed by atoms with Crippen molar-refractivity contribution in [2.75, 3.05) is 26.7 Å². The minimum Gasteiger partial charge on any atom is -0.460 e. The van der Waals surface area contributed by atoms with Gasteiger partial charge in [0.25, 0.3) is 5.91 Å². The van der Waals surface area contributed by atoms with E-state index < -0.39 is 0 Å². The lowest BCUT2D eigenvalue weighted by Gasteiger charge is -2.14. The number of aromatic amines is 1. The van der Waals surface area contributed by atoms with Crippen LogP contribution in [0.4, 0.5) is 0 Å². The van der Waals surface area contributed by atoms with Crippen LogP contribution in [-0.2, 0) is 0 Å². The smallest absolute Gasteiger partial charge is 0.274 e. The van der Waals surface area contributed by atoms with Crippen molar-refractivity contribution in [2.45, 2.75) is 13.3 Å². The summed E-state index contributed by atoms with van der Waals surface area (Å²) in [4.78, 5) is 14.3. The first-order valence-electron chi connectivity index (χ1n) is 7.23. The van der Waals surface area contributed by atoms with Gasteiger partial charge in [-0.15, -0.1) is 12.4 Å². The molecular formula is C15H21ClN4O2. The minimum atomic E-state index is -0.0145. The van der Waals surface area contributed by atoms with Crippen LogP contribution in [-0.4, -0.2) is 47.7 Å². The van der Waals surface area contributed by atoms with Gasteiger partial charge in [0.1, 0.15) is 11.5 Å². The molecule has 0 bridgehead atoms. The second kappa shape index (κ2) is 6.98. The number of amides is 1. The van der Waals surface area contributed by atoms with Crippen LogP contribution in [0.3, 0.4) is 0 Å². The van der Waals surface area contributed by atoms with Crippen LogP contribution in [0.1, 0.15) is 22.7 Å². The van der Waals surface area contributed by atoms with Crippen LogP contribution in [0.5, 0.6) is 0 Å². The van der Waals surface area contributed by atoms with Gasteiger partial charge in [0.2, 0.25) is 0 Å². The second-order valence-electron chi connectivity index (χ2n) is 5.54. The second-order valence-corrected chi connectivity index (χ2v) is 5.54. The van der Waals surface area contributed by atoms with Crippen LogP contribution in [0, 0.1) is 12.8 Å². The van der Waals surface area contributed by atoms with Gasteiger partial charge in [-0.1, -0.05) is 0 Å². The van der Waals surface area contributed by atoms with Crippen molar-refractivity contribution < 1.29 is 9.21 Å². The fourth-order valence-electron chi connectivity index (χ4n) is 2.77. The first-order valence-corrected chi connectivity index (χ1v) is 7.23. The molecule has 1 fully saturated rings. The Kier molecular flexibility index (Phi) is 5.26. The van der Waals surface area contributed by atoms with Gasteiger partial charge in [0.05, 0.1) is 0 Å². The Labute approximate surface area is 135 Å². The molecule has 7 heteroatoms. The number of hydrogen-bond acceptors (Lipinski definition) is 4. The maximum absolute atomic E-state index is 12.4. The van der Waals surface area contributed by atoms with Crippen molar-refractivity contribution in [3.63, 3.8) is 0 Å². The molecule has 1 aliphatic heterocycles. The highest BCUT2D eigenvalue weighted by atomic mass is 35.5. The monoisotopic (exact) mass is 324 g/mol. The highest BCUT2D eigenvalue weighted by Gasteiger charge is 2.28. The van der Waals surface area contributed by atoms with E-state index in [9.17, 15) is 4.79 Å². The van der Waals surface area contributed by atoms with Gasteiger partial charge in [0.15, 0.2) is 11.5 Å². The van der Waals surface area contributed by atoms with Crippen LogP contribution in [0.25, 0.3) is 11.5 Å². The Hall–Kier alpha value is -1.79. The normalized spacial score (nSPS) is 17.5. The molecule has 2 aromatic rings. The molecular weight excluding hydrogens is 304 g/mol. The third-order valence-electron chi connectivity index (χ3n) is 3.87. The molecule has 1 atom stereocenters. The fraction of sp³-hybridized carbons (Fsp3) is 0.467. The van der Waals surface area contributed by atoms with Crippen molar-refractivity contribution in [1.82, 2.24) is 20.4 Å². The zero-order valence-electron chi connectivity index (χ0n) is 12.8. The van der Waals surface area contributed by atoms with Crippen molar-refractivity contribution in [3.8, 4) is 11.5 Å². The van der Waals surface area contributed by atoms with Gasteiger partial charge in [-0.3, -0.25) is 9.89 Å². The average Bonchev–Trinajstić information content (AvgIpc) is 3.17. The molecule has 6 nitrogen and oxygen atoms in total. The molecule has 1 saturated heterocycles. The molecule has 22 heavy (non-hydrogen) atoms. The molecule has 2 N–H and O–H groups in total. The van der Waals surface area contributed by atoms with Crippen LogP contribution < -0.4 is 5.32 Å². The highest BCUT2D eigenvalue weighted by Crippen LogP contribution is 2.22. The summed E-state index contributed by atoms with van der Waals surface area (Å²) in [6.45, 7) is 4.42. The van der Waals surface area contributed by atoms with Gasteiger partial charge >= 0.3 is 0 Å². The predicted octanol–water partition coefficient (Wildman–Crippen LogP) is 2.08. The van der Waals surface area contributed by atoms with Crippen molar-refractivity contribution in [3.05, 3.63) is 29.7 Å². The first kappa shape index (κ1) is 16.6. The highest BCUT2D eigenvalue weighted by molar-refractivity contribution is 5.93. The Morgan fingerprint density at radius 1 is 1.55 bits per heavy atom. The van der Waals surface area contributed by atoms with E-state index in [1.54, 1.807) is 6.07 Å². The molecule has 0 aliphatic carbocycles. The Morgan fingerprint density at radius 2 is 2.36 bits per heavy atom. The molecule has 2 aromatic heterocycles. The first-order chi connectivity index (χ1) is 10.2. The van der Waals surface area contributed by atoms with E-state index in [-0.39, 0.29) is 18.3 Å². The number of rotatable bonds is 4. The number of nitrogens with one attached hydrogen (secondary N) is 2. The van der Waals surface area contributed by atoms with Crippen LogP contribution >= 0.6 is 12.4 Å². The zero-order valence-corrected chi connectivity index (χ0v) is 13.6. The summed E-state index contributed by atoms with van der Waals surface area (Å²) in [5.74, 6) is 2.06. The summed E-state index contributed by atoms with van der Waals surface area (Å²) >= 11 is 0. The topological polar surface area (TPSA) is 74.2 Å². The molecule has 3 heterocycles. The van der Waals surface area contributed by atoms with E-state index in [4.69, 9.17) is 4.42 Å². The molecule has 0 radical (unpaired) electrons. The standard InChI is InChI=1S/C15H20N4O2.ClH/c1-10-3-4-14(21-10)12-7-13(18-17-12)15(20)19-6-5-11(9-19)8-16-2;/h3-4,7,11,16H,5-6,8-9H2,1-2H3,(H,17,18);1H. The number of carbonyl (C=O) groups excluding carboxylic acids is 1. The maximum atomic E-state index is 12.4. The Balaban J connectivity index is 0.00000176. The van der Waals surface area contributed by atoms with Crippen LogP contribution in [0.2, 0.25) is 0 Å². The average molecular weight is 325 g/mol. The number of likely N-dealkylation sites (tertiary alicyclic amines) is 1. The van der Waals surface area contributed by atoms with Gasteiger partial charge < -0.3 is 14.6 Å². The van der Waals surface area contributed by atoms with E-state index in [1.165, 1.54) is 0 Å².